The molecule has 0 bridgehead atoms. The summed E-state index contributed by atoms with van der Waals surface area (Å²) in [6.07, 6.45) is 15.8. The van der Waals surface area contributed by atoms with Crippen molar-refractivity contribution in [1.29, 1.82) is 0 Å². The summed E-state index contributed by atoms with van der Waals surface area (Å²) in [7, 11) is 0. The number of carbonyl (C=O) groups is 1. The number of ether oxygens (including phenoxy) is 1. The van der Waals surface area contributed by atoms with Crippen molar-refractivity contribution in [3.8, 4) is 0 Å². The van der Waals surface area contributed by atoms with Gasteiger partial charge >= 0.3 is 5.97 Å². The molecule has 0 saturated heterocycles. The van der Waals surface area contributed by atoms with Gasteiger partial charge in [-0.15, -0.1) is 0 Å². The van der Waals surface area contributed by atoms with Crippen LogP contribution in [-0.2, 0) is 9.53 Å². The van der Waals surface area contributed by atoms with Gasteiger partial charge in [-0.3, -0.25) is 0 Å². The molecule has 1 saturated carbocycles. The Morgan fingerprint density at radius 2 is 2.11 bits per heavy atom. The molecule has 28 heavy (non-hydrogen) atoms. The molecule has 0 amide bonds. The Hall–Kier alpha value is -1.61. The lowest BCUT2D eigenvalue weighted by molar-refractivity contribution is -0.134. The Morgan fingerprint density at radius 3 is 2.79 bits per heavy atom. The number of carbonyl (C=O) groups excluding carboxylic acids is 1. The zero-order valence-electron chi connectivity index (χ0n) is 18.0. The minimum Gasteiger partial charge on any atom is -0.458 e. The first-order valence-electron chi connectivity index (χ1n) is 10.8. The largest absolute Gasteiger partial charge is 0.458 e. The van der Waals surface area contributed by atoms with Crippen LogP contribution in [0.4, 0.5) is 0 Å². The molecule has 0 radical (unpaired) electrons. The van der Waals surface area contributed by atoms with Gasteiger partial charge in [-0.1, -0.05) is 56.6 Å². The van der Waals surface area contributed by atoms with Gasteiger partial charge in [0.15, 0.2) is 0 Å². The van der Waals surface area contributed by atoms with Gasteiger partial charge in [0, 0.05) is 6.08 Å². The number of rotatable bonds is 6. The predicted octanol–water partition coefficient (Wildman–Crippen LogP) is 5.67. The van der Waals surface area contributed by atoms with Crippen molar-refractivity contribution in [2.75, 3.05) is 13.2 Å². The third kappa shape index (κ3) is 4.35. The molecule has 154 valence electrons. The highest BCUT2D eigenvalue weighted by molar-refractivity contribution is 5.86. The number of allylic oxidation sites excluding steroid dienone is 4. The molecule has 3 heteroatoms. The summed E-state index contributed by atoms with van der Waals surface area (Å²) in [4.78, 5) is 11.1. The van der Waals surface area contributed by atoms with Crippen LogP contribution in [-0.4, -0.2) is 24.3 Å². The van der Waals surface area contributed by atoms with Gasteiger partial charge in [0.25, 0.3) is 0 Å². The molecule has 0 aromatic carbocycles. The third-order valence-electron chi connectivity index (χ3n) is 7.47. The first-order chi connectivity index (χ1) is 13.3. The van der Waals surface area contributed by atoms with Gasteiger partial charge in [0.2, 0.25) is 0 Å². The zero-order valence-corrected chi connectivity index (χ0v) is 18.0. The third-order valence-corrected chi connectivity index (χ3v) is 7.47. The summed E-state index contributed by atoms with van der Waals surface area (Å²) in [6.45, 7) is 10.2. The van der Waals surface area contributed by atoms with Crippen LogP contribution >= 0.6 is 0 Å². The van der Waals surface area contributed by atoms with E-state index < -0.39 is 0 Å². The van der Waals surface area contributed by atoms with Crippen molar-refractivity contribution in [3.05, 3.63) is 46.6 Å². The second-order valence-electron chi connectivity index (χ2n) is 9.78. The van der Waals surface area contributed by atoms with E-state index in [4.69, 9.17) is 4.74 Å². The average molecular weight is 385 g/mol. The number of hydrogen-bond acceptors (Lipinski definition) is 3. The van der Waals surface area contributed by atoms with Crippen LogP contribution in [0.1, 0.15) is 72.6 Å². The zero-order chi connectivity index (χ0) is 20.4. The molecule has 2 aliphatic carbocycles. The van der Waals surface area contributed by atoms with Crippen LogP contribution in [0.25, 0.3) is 0 Å². The van der Waals surface area contributed by atoms with Crippen molar-refractivity contribution >= 4 is 5.97 Å². The smallest absolute Gasteiger partial charge is 0.331 e. The van der Waals surface area contributed by atoms with Crippen molar-refractivity contribution in [2.24, 2.45) is 16.7 Å². The highest BCUT2D eigenvalue weighted by atomic mass is 16.5. The normalized spacial score (nSPS) is 30.5. The van der Waals surface area contributed by atoms with Crippen molar-refractivity contribution in [3.63, 3.8) is 0 Å². The van der Waals surface area contributed by atoms with E-state index in [1.807, 2.05) is 18.2 Å². The summed E-state index contributed by atoms with van der Waals surface area (Å²) in [5, 5.41) is 9.82. The fourth-order valence-corrected chi connectivity index (χ4v) is 5.98. The van der Waals surface area contributed by atoms with Gasteiger partial charge in [0.1, 0.15) is 6.61 Å². The highest BCUT2D eigenvalue weighted by Gasteiger charge is 2.49. The molecule has 3 nitrogen and oxygen atoms in total. The van der Waals surface area contributed by atoms with Crippen LogP contribution in [0.5, 0.6) is 0 Å². The summed E-state index contributed by atoms with van der Waals surface area (Å²) < 4.78 is 4.91. The molecule has 3 rings (SSSR count). The van der Waals surface area contributed by atoms with Gasteiger partial charge in [-0.25, -0.2) is 4.79 Å². The molecule has 1 fully saturated rings. The maximum atomic E-state index is 11.1. The summed E-state index contributed by atoms with van der Waals surface area (Å²) in [6, 6.07) is 0. The second-order valence-corrected chi connectivity index (χ2v) is 9.78. The maximum Gasteiger partial charge on any atom is 0.331 e. The molecule has 1 N–H and O–H groups in total. The van der Waals surface area contributed by atoms with Crippen LogP contribution in [0, 0.1) is 16.7 Å². The van der Waals surface area contributed by atoms with E-state index in [2.05, 4.69) is 27.7 Å². The number of cyclic esters (lactones) is 1. The van der Waals surface area contributed by atoms with Crippen molar-refractivity contribution in [1.82, 2.24) is 0 Å². The number of aliphatic hydroxyl groups is 1. The lowest BCUT2D eigenvalue weighted by Crippen LogP contribution is -2.45. The number of hydrogen-bond donors (Lipinski definition) is 1. The van der Waals surface area contributed by atoms with Crippen LogP contribution in [0.15, 0.2) is 46.6 Å². The predicted molar refractivity (Wildman–Crippen MR) is 114 cm³/mol. The molecule has 0 aromatic rings. The fraction of sp³-hybridized carbons (Fsp3) is 0.640. The molecule has 0 unspecified atom stereocenters. The molecule has 1 heterocycles. The van der Waals surface area contributed by atoms with Gasteiger partial charge in [-0.2, -0.15) is 0 Å². The van der Waals surface area contributed by atoms with E-state index in [0.717, 1.165) is 29.9 Å². The number of aliphatic hydroxyl groups excluding tert-OH is 1. The van der Waals surface area contributed by atoms with Gasteiger partial charge in [-0.05, 0) is 73.3 Å². The van der Waals surface area contributed by atoms with Gasteiger partial charge in [0.05, 0.1) is 6.61 Å². The van der Waals surface area contributed by atoms with Crippen LogP contribution in [0.2, 0.25) is 0 Å². The maximum absolute atomic E-state index is 11.1. The molecular formula is C25H36O3. The Morgan fingerprint density at radius 1 is 1.32 bits per heavy atom. The Kier molecular flexibility index (Phi) is 6.34. The van der Waals surface area contributed by atoms with Crippen LogP contribution < -0.4 is 0 Å². The topological polar surface area (TPSA) is 46.5 Å². The van der Waals surface area contributed by atoms with E-state index in [-0.39, 0.29) is 12.6 Å². The van der Waals surface area contributed by atoms with E-state index in [1.54, 1.807) is 11.1 Å². The monoisotopic (exact) mass is 384 g/mol. The first kappa shape index (κ1) is 21.1. The highest BCUT2D eigenvalue weighted by Crippen LogP contribution is 2.60. The molecule has 0 aromatic heterocycles. The first-order valence-corrected chi connectivity index (χ1v) is 10.8. The Bertz CT molecular complexity index is 735. The van der Waals surface area contributed by atoms with E-state index in [1.165, 1.54) is 38.2 Å². The SMILES string of the molecule is CC1=C(CC/C(=C\C=C\C2=CC(=O)OC2)CO)[C@@]2(C)CCCC(C)(C)[C@H]2CC1. The number of fused-ring (bicyclic) bond motifs is 1. The summed E-state index contributed by atoms with van der Waals surface area (Å²) in [5.74, 6) is 0.490. The summed E-state index contributed by atoms with van der Waals surface area (Å²) >= 11 is 0. The van der Waals surface area contributed by atoms with Crippen LogP contribution in [0.3, 0.4) is 0 Å². The molecule has 1 aliphatic heterocycles. The van der Waals surface area contributed by atoms with E-state index in [0.29, 0.717) is 17.4 Å². The Labute approximate surface area is 170 Å². The Balaban J connectivity index is 1.70. The summed E-state index contributed by atoms with van der Waals surface area (Å²) in [5.41, 5.74) is 5.89. The average Bonchev–Trinajstić information content (AvgIpc) is 3.04. The minimum atomic E-state index is -0.274. The van der Waals surface area contributed by atoms with Gasteiger partial charge < -0.3 is 9.84 Å². The molecule has 2 atom stereocenters. The lowest BCUT2D eigenvalue weighted by Gasteiger charge is -2.55. The molecule has 0 spiro atoms. The van der Waals surface area contributed by atoms with Crippen molar-refractivity contribution in [2.45, 2.75) is 72.6 Å². The standard InChI is InChI=1S/C25H36O3/c1-18-9-12-22-24(2,3)13-6-14-25(22,4)21(18)11-10-19(16-26)7-5-8-20-15-23(27)28-17-20/h5,7-8,15,22,26H,6,9-14,16-17H2,1-4H3/b8-5+,19-7+/t22-,25-/m1/s1. The van der Waals surface area contributed by atoms with Crippen molar-refractivity contribution < 1.29 is 14.6 Å². The minimum absolute atomic E-state index is 0.0801. The van der Waals surface area contributed by atoms with E-state index >= 15 is 0 Å². The second kappa shape index (κ2) is 8.41. The van der Waals surface area contributed by atoms with E-state index in [9.17, 15) is 9.90 Å². The lowest BCUT2D eigenvalue weighted by atomic mass is 9.50. The number of esters is 1. The fourth-order valence-electron chi connectivity index (χ4n) is 5.98. The molecular weight excluding hydrogens is 348 g/mol. The molecule has 3 aliphatic rings. The quantitative estimate of drug-likeness (QED) is 0.365.